The minimum atomic E-state index is -3.69. The Hall–Kier alpha value is -1.56. The number of methoxy groups -OCH3 is 1. The van der Waals surface area contributed by atoms with Crippen LogP contribution in [0.25, 0.3) is 0 Å². The molecule has 2 aromatic carbocycles. The molecular formula is C15H12Cl2O4S. The van der Waals surface area contributed by atoms with Crippen molar-refractivity contribution in [1.82, 2.24) is 0 Å². The molecule has 0 aliphatic rings. The summed E-state index contributed by atoms with van der Waals surface area (Å²) in [7, 11) is -2.42. The Morgan fingerprint density at radius 1 is 1.05 bits per heavy atom. The number of esters is 1. The van der Waals surface area contributed by atoms with E-state index in [1.807, 2.05) is 0 Å². The third kappa shape index (κ3) is 3.61. The minimum absolute atomic E-state index is 0.0821. The molecule has 0 unspecified atom stereocenters. The summed E-state index contributed by atoms with van der Waals surface area (Å²) < 4.78 is 29.5. The first-order chi connectivity index (χ1) is 10.3. The maximum Gasteiger partial charge on any atom is 0.337 e. The molecule has 0 aliphatic carbocycles. The van der Waals surface area contributed by atoms with Gasteiger partial charge in [-0.2, -0.15) is 0 Å². The van der Waals surface area contributed by atoms with E-state index in [0.29, 0.717) is 11.1 Å². The largest absolute Gasteiger partial charge is 0.465 e. The normalized spacial score (nSPS) is 11.2. The molecule has 22 heavy (non-hydrogen) atoms. The van der Waals surface area contributed by atoms with Crippen LogP contribution in [0.3, 0.4) is 0 Å². The van der Waals surface area contributed by atoms with Crippen LogP contribution < -0.4 is 0 Å². The van der Waals surface area contributed by atoms with E-state index in [1.54, 1.807) is 18.2 Å². The van der Waals surface area contributed by atoms with Gasteiger partial charge in [0.05, 0.1) is 28.5 Å². The smallest absolute Gasteiger partial charge is 0.337 e. The summed E-state index contributed by atoms with van der Waals surface area (Å²) in [6.45, 7) is 0. The highest BCUT2D eigenvalue weighted by atomic mass is 35.5. The fraction of sp³-hybridized carbons (Fsp3) is 0.133. The molecule has 0 N–H and O–H groups in total. The van der Waals surface area contributed by atoms with Crippen LogP contribution in [-0.2, 0) is 20.3 Å². The third-order valence-corrected chi connectivity index (χ3v) is 5.59. The number of sulfone groups is 1. The molecule has 0 spiro atoms. The van der Waals surface area contributed by atoms with E-state index >= 15 is 0 Å². The van der Waals surface area contributed by atoms with E-state index in [9.17, 15) is 13.2 Å². The third-order valence-electron chi connectivity index (χ3n) is 2.96. The van der Waals surface area contributed by atoms with Gasteiger partial charge in [-0.25, -0.2) is 13.2 Å². The number of carbonyl (C=O) groups is 1. The molecule has 116 valence electrons. The minimum Gasteiger partial charge on any atom is -0.465 e. The first kappa shape index (κ1) is 16.8. The first-order valence-electron chi connectivity index (χ1n) is 6.19. The van der Waals surface area contributed by atoms with E-state index in [1.165, 1.54) is 31.4 Å². The second-order valence-corrected chi connectivity index (χ2v) is 7.24. The highest BCUT2D eigenvalue weighted by Crippen LogP contribution is 2.31. The summed E-state index contributed by atoms with van der Waals surface area (Å²) in [5.74, 6) is -0.749. The van der Waals surface area contributed by atoms with Crippen LogP contribution in [0.4, 0.5) is 0 Å². The van der Waals surface area contributed by atoms with Crippen molar-refractivity contribution in [2.24, 2.45) is 0 Å². The van der Waals surface area contributed by atoms with E-state index in [2.05, 4.69) is 4.74 Å². The zero-order chi connectivity index (χ0) is 16.3. The lowest BCUT2D eigenvalue weighted by Gasteiger charge is -2.09. The lowest BCUT2D eigenvalue weighted by molar-refractivity contribution is 0.0600. The van der Waals surface area contributed by atoms with Crippen molar-refractivity contribution in [2.75, 3.05) is 7.11 Å². The van der Waals surface area contributed by atoms with Crippen LogP contribution in [-0.4, -0.2) is 21.5 Å². The molecular weight excluding hydrogens is 347 g/mol. The van der Waals surface area contributed by atoms with Gasteiger partial charge in [-0.05, 0) is 29.8 Å². The molecule has 0 amide bonds. The van der Waals surface area contributed by atoms with E-state index in [0.717, 1.165) is 0 Å². The van der Waals surface area contributed by atoms with Crippen molar-refractivity contribution < 1.29 is 17.9 Å². The Morgan fingerprint density at radius 2 is 1.59 bits per heavy atom. The van der Waals surface area contributed by atoms with Gasteiger partial charge in [0.1, 0.15) is 4.90 Å². The van der Waals surface area contributed by atoms with Gasteiger partial charge >= 0.3 is 5.97 Å². The summed E-state index contributed by atoms with van der Waals surface area (Å²) in [6, 6.07) is 10.6. The van der Waals surface area contributed by atoms with Gasteiger partial charge < -0.3 is 4.74 Å². The first-order valence-corrected chi connectivity index (χ1v) is 8.60. The van der Waals surface area contributed by atoms with Crippen molar-refractivity contribution in [1.29, 1.82) is 0 Å². The topological polar surface area (TPSA) is 60.4 Å². The number of carbonyl (C=O) groups excluding carboxylic acids is 1. The van der Waals surface area contributed by atoms with E-state index < -0.39 is 15.8 Å². The molecule has 4 nitrogen and oxygen atoms in total. The maximum absolute atomic E-state index is 12.5. The summed E-state index contributed by atoms with van der Waals surface area (Å²) in [4.78, 5) is 11.3. The summed E-state index contributed by atoms with van der Waals surface area (Å²) in [5.41, 5.74) is 0.864. The number of benzene rings is 2. The van der Waals surface area contributed by atoms with Crippen LogP contribution in [0.1, 0.15) is 15.9 Å². The zero-order valence-corrected chi connectivity index (χ0v) is 13.9. The van der Waals surface area contributed by atoms with Crippen LogP contribution in [0.15, 0.2) is 47.4 Å². The summed E-state index contributed by atoms with van der Waals surface area (Å²) >= 11 is 11.9. The number of hydrogen-bond donors (Lipinski definition) is 0. The van der Waals surface area contributed by atoms with Gasteiger partial charge in [0.15, 0.2) is 9.84 Å². The quantitative estimate of drug-likeness (QED) is 0.780. The molecule has 0 atom stereocenters. The molecule has 7 heteroatoms. The van der Waals surface area contributed by atoms with Crippen molar-refractivity contribution in [3.05, 3.63) is 63.6 Å². The second-order valence-electron chi connectivity index (χ2n) is 4.50. The summed E-state index contributed by atoms with van der Waals surface area (Å²) in [6.07, 6.45) is 0. The Bertz CT molecular complexity index is 779. The average Bonchev–Trinajstić information content (AvgIpc) is 2.46. The van der Waals surface area contributed by atoms with E-state index in [-0.39, 0.29) is 20.7 Å². The number of ether oxygens (including phenoxy) is 1. The fourth-order valence-electron chi connectivity index (χ4n) is 1.93. The average molecular weight is 359 g/mol. The lowest BCUT2D eigenvalue weighted by atomic mass is 10.1. The van der Waals surface area contributed by atoms with Crippen LogP contribution in [0.2, 0.25) is 10.0 Å². The Morgan fingerprint density at radius 3 is 2.09 bits per heavy atom. The molecule has 2 rings (SSSR count). The molecule has 0 aliphatic heterocycles. The van der Waals surface area contributed by atoms with Crippen molar-refractivity contribution in [2.45, 2.75) is 10.6 Å². The standard InChI is InChI=1S/C15H12Cl2O4S/c1-21-15(18)11-7-5-10(6-8-11)9-22(19,20)14-12(16)3-2-4-13(14)17/h2-8H,9H2,1H3. The van der Waals surface area contributed by atoms with Crippen molar-refractivity contribution in [3.63, 3.8) is 0 Å². The molecule has 0 saturated carbocycles. The van der Waals surface area contributed by atoms with Crippen LogP contribution >= 0.6 is 23.2 Å². The van der Waals surface area contributed by atoms with Gasteiger partial charge in [0.2, 0.25) is 0 Å². The predicted molar refractivity (Wildman–Crippen MR) is 85.1 cm³/mol. The van der Waals surface area contributed by atoms with Crippen molar-refractivity contribution >= 4 is 39.0 Å². The Labute approximate surface area is 138 Å². The molecule has 0 saturated heterocycles. The van der Waals surface area contributed by atoms with E-state index in [4.69, 9.17) is 23.2 Å². The van der Waals surface area contributed by atoms with Gasteiger partial charge in [-0.15, -0.1) is 0 Å². The fourth-order valence-corrected chi connectivity index (χ4v) is 4.53. The second kappa shape index (κ2) is 6.69. The predicted octanol–water partition coefficient (Wildman–Crippen LogP) is 3.75. The molecule has 0 aromatic heterocycles. The number of halogens is 2. The Kier molecular flexibility index (Phi) is 5.11. The molecule has 0 radical (unpaired) electrons. The van der Waals surface area contributed by atoms with Gasteiger partial charge in [-0.1, -0.05) is 41.4 Å². The Balaban J connectivity index is 2.31. The lowest BCUT2D eigenvalue weighted by Crippen LogP contribution is -2.07. The zero-order valence-electron chi connectivity index (χ0n) is 11.5. The van der Waals surface area contributed by atoms with Crippen LogP contribution in [0, 0.1) is 0 Å². The summed E-state index contributed by atoms with van der Waals surface area (Å²) in [5, 5.41) is 0.164. The van der Waals surface area contributed by atoms with Crippen LogP contribution in [0.5, 0.6) is 0 Å². The molecule has 2 aromatic rings. The maximum atomic E-state index is 12.5. The number of rotatable bonds is 4. The highest BCUT2D eigenvalue weighted by molar-refractivity contribution is 7.90. The molecule has 0 fully saturated rings. The molecule has 0 heterocycles. The number of hydrogen-bond acceptors (Lipinski definition) is 4. The van der Waals surface area contributed by atoms with Gasteiger partial charge in [0.25, 0.3) is 0 Å². The highest BCUT2D eigenvalue weighted by Gasteiger charge is 2.22. The SMILES string of the molecule is COC(=O)c1ccc(CS(=O)(=O)c2c(Cl)cccc2Cl)cc1. The molecule has 0 bridgehead atoms. The monoisotopic (exact) mass is 358 g/mol. The van der Waals surface area contributed by atoms with Gasteiger partial charge in [0, 0.05) is 0 Å². The van der Waals surface area contributed by atoms with Crippen molar-refractivity contribution in [3.8, 4) is 0 Å². The van der Waals surface area contributed by atoms with Gasteiger partial charge in [-0.3, -0.25) is 0 Å².